The predicted octanol–water partition coefficient (Wildman–Crippen LogP) is 0.739. The predicted molar refractivity (Wildman–Crippen MR) is 56.5 cm³/mol. The van der Waals surface area contributed by atoms with Crippen molar-refractivity contribution in [2.45, 2.75) is 31.8 Å². The molecule has 5 nitrogen and oxygen atoms in total. The van der Waals surface area contributed by atoms with E-state index in [4.69, 9.17) is 4.74 Å². The number of ether oxygens (including phenoxy) is 1. The molecule has 2 heterocycles. The van der Waals surface area contributed by atoms with Gasteiger partial charge in [-0.2, -0.15) is 0 Å². The first-order chi connectivity index (χ1) is 7.42. The number of methoxy groups -OCH3 is 1. The molecule has 0 radical (unpaired) electrons. The van der Waals surface area contributed by atoms with Crippen LogP contribution in [0.2, 0.25) is 0 Å². The second-order valence-corrected chi connectivity index (χ2v) is 3.88. The largest absolute Gasteiger partial charge is 0.385 e. The van der Waals surface area contributed by atoms with Gasteiger partial charge in [0.2, 0.25) is 0 Å². The summed E-state index contributed by atoms with van der Waals surface area (Å²) in [5.41, 5.74) is 0. The van der Waals surface area contributed by atoms with Crippen LogP contribution in [0.3, 0.4) is 0 Å². The Labute approximate surface area is 89.8 Å². The number of hydrogen-bond donors (Lipinski definition) is 1. The molecule has 5 heteroatoms. The van der Waals surface area contributed by atoms with Crippen LogP contribution in [0.25, 0.3) is 0 Å². The van der Waals surface area contributed by atoms with Crippen LogP contribution < -0.4 is 5.32 Å². The zero-order valence-electron chi connectivity index (χ0n) is 9.15. The third-order valence-corrected chi connectivity index (χ3v) is 2.76. The van der Waals surface area contributed by atoms with Gasteiger partial charge >= 0.3 is 0 Å². The summed E-state index contributed by atoms with van der Waals surface area (Å²) >= 11 is 0. The SMILES string of the molecule is COCCCn1cnnc1C1CCCN1. The van der Waals surface area contributed by atoms with Gasteiger partial charge in [-0.25, -0.2) is 0 Å². The van der Waals surface area contributed by atoms with Crippen molar-refractivity contribution in [3.8, 4) is 0 Å². The van der Waals surface area contributed by atoms with Gasteiger partial charge in [0, 0.05) is 20.3 Å². The number of hydrogen-bond acceptors (Lipinski definition) is 4. The lowest BCUT2D eigenvalue weighted by Crippen LogP contribution is -2.18. The molecule has 1 aromatic rings. The highest BCUT2D eigenvalue weighted by atomic mass is 16.5. The first-order valence-corrected chi connectivity index (χ1v) is 5.52. The van der Waals surface area contributed by atoms with Crippen molar-refractivity contribution in [2.24, 2.45) is 0 Å². The average Bonchev–Trinajstić information content (AvgIpc) is 2.87. The molecule has 15 heavy (non-hydrogen) atoms. The van der Waals surface area contributed by atoms with E-state index in [-0.39, 0.29) is 0 Å². The lowest BCUT2D eigenvalue weighted by Gasteiger charge is -2.11. The Balaban J connectivity index is 1.95. The number of nitrogens with zero attached hydrogens (tertiary/aromatic N) is 3. The summed E-state index contributed by atoms with van der Waals surface area (Å²) in [6.07, 6.45) is 5.22. The molecule has 1 fully saturated rings. The van der Waals surface area contributed by atoms with E-state index in [1.165, 1.54) is 12.8 Å². The van der Waals surface area contributed by atoms with E-state index in [9.17, 15) is 0 Å². The topological polar surface area (TPSA) is 52.0 Å². The molecule has 1 N–H and O–H groups in total. The fourth-order valence-electron chi connectivity index (χ4n) is 1.99. The van der Waals surface area contributed by atoms with E-state index < -0.39 is 0 Å². The quantitative estimate of drug-likeness (QED) is 0.728. The van der Waals surface area contributed by atoms with Gasteiger partial charge in [0.1, 0.15) is 12.2 Å². The molecule has 0 aliphatic carbocycles. The van der Waals surface area contributed by atoms with Crippen LogP contribution in [-0.2, 0) is 11.3 Å². The smallest absolute Gasteiger partial charge is 0.149 e. The molecule has 1 saturated heterocycles. The number of aryl methyl sites for hydroxylation is 1. The maximum atomic E-state index is 5.04. The lowest BCUT2D eigenvalue weighted by atomic mass is 10.2. The van der Waals surface area contributed by atoms with Gasteiger partial charge in [-0.05, 0) is 25.8 Å². The minimum atomic E-state index is 0.398. The third-order valence-electron chi connectivity index (χ3n) is 2.76. The van der Waals surface area contributed by atoms with Crippen LogP contribution in [-0.4, -0.2) is 35.0 Å². The summed E-state index contributed by atoms with van der Waals surface area (Å²) in [5, 5.41) is 11.6. The van der Waals surface area contributed by atoms with E-state index in [0.717, 1.165) is 31.9 Å². The van der Waals surface area contributed by atoms with Crippen LogP contribution in [0.1, 0.15) is 31.1 Å². The molecule has 0 bridgehead atoms. The van der Waals surface area contributed by atoms with E-state index in [1.807, 2.05) is 6.33 Å². The van der Waals surface area contributed by atoms with Crippen molar-refractivity contribution in [2.75, 3.05) is 20.3 Å². The standard InChI is InChI=1S/C10H18N4O/c1-15-7-3-6-14-8-12-13-10(14)9-4-2-5-11-9/h8-9,11H,2-7H2,1H3. The first-order valence-electron chi connectivity index (χ1n) is 5.52. The molecule has 2 rings (SSSR count). The second kappa shape index (κ2) is 5.23. The van der Waals surface area contributed by atoms with Gasteiger partial charge in [0.05, 0.1) is 6.04 Å². The monoisotopic (exact) mass is 210 g/mol. The Hall–Kier alpha value is -0.940. The number of aromatic nitrogens is 3. The summed E-state index contributed by atoms with van der Waals surface area (Å²) in [6.45, 7) is 2.82. The van der Waals surface area contributed by atoms with Crippen LogP contribution in [0.15, 0.2) is 6.33 Å². The van der Waals surface area contributed by atoms with Crippen molar-refractivity contribution in [1.29, 1.82) is 0 Å². The zero-order valence-corrected chi connectivity index (χ0v) is 9.15. The summed E-state index contributed by atoms with van der Waals surface area (Å²) < 4.78 is 7.16. The molecule has 1 aliphatic rings. The Bertz CT molecular complexity index is 293. The zero-order chi connectivity index (χ0) is 10.5. The van der Waals surface area contributed by atoms with Gasteiger partial charge in [-0.15, -0.1) is 10.2 Å². The van der Waals surface area contributed by atoms with Crippen LogP contribution in [0.4, 0.5) is 0 Å². The van der Waals surface area contributed by atoms with Crippen molar-refractivity contribution in [3.63, 3.8) is 0 Å². The van der Waals surface area contributed by atoms with E-state index >= 15 is 0 Å². The molecule has 0 amide bonds. The Morgan fingerprint density at radius 1 is 1.67 bits per heavy atom. The first kappa shape index (κ1) is 10.6. The Morgan fingerprint density at radius 3 is 3.33 bits per heavy atom. The normalized spacial score (nSPS) is 21.0. The van der Waals surface area contributed by atoms with Crippen molar-refractivity contribution >= 4 is 0 Å². The van der Waals surface area contributed by atoms with Gasteiger partial charge in [0.15, 0.2) is 0 Å². The van der Waals surface area contributed by atoms with E-state index in [2.05, 4.69) is 20.1 Å². The number of nitrogens with one attached hydrogen (secondary N) is 1. The Kier molecular flexibility index (Phi) is 3.69. The molecule has 0 spiro atoms. The summed E-state index contributed by atoms with van der Waals surface area (Å²) in [6, 6.07) is 0.398. The minimum Gasteiger partial charge on any atom is -0.385 e. The molecule has 1 atom stereocenters. The molecule has 1 aliphatic heterocycles. The maximum Gasteiger partial charge on any atom is 0.149 e. The summed E-state index contributed by atoms with van der Waals surface area (Å²) in [7, 11) is 1.73. The molecule has 0 saturated carbocycles. The summed E-state index contributed by atoms with van der Waals surface area (Å²) in [5.74, 6) is 1.07. The van der Waals surface area contributed by atoms with Gasteiger partial charge < -0.3 is 14.6 Å². The van der Waals surface area contributed by atoms with Crippen LogP contribution >= 0.6 is 0 Å². The van der Waals surface area contributed by atoms with Crippen molar-refractivity contribution in [3.05, 3.63) is 12.2 Å². The van der Waals surface area contributed by atoms with E-state index in [0.29, 0.717) is 6.04 Å². The highest BCUT2D eigenvalue weighted by Crippen LogP contribution is 2.20. The highest BCUT2D eigenvalue weighted by molar-refractivity contribution is 4.97. The van der Waals surface area contributed by atoms with E-state index in [1.54, 1.807) is 7.11 Å². The van der Waals surface area contributed by atoms with Gasteiger partial charge in [-0.3, -0.25) is 0 Å². The number of rotatable bonds is 5. The molecule has 1 unspecified atom stereocenters. The summed E-state index contributed by atoms with van der Waals surface area (Å²) in [4.78, 5) is 0. The minimum absolute atomic E-state index is 0.398. The van der Waals surface area contributed by atoms with Crippen LogP contribution in [0.5, 0.6) is 0 Å². The van der Waals surface area contributed by atoms with Gasteiger partial charge in [-0.1, -0.05) is 0 Å². The lowest BCUT2D eigenvalue weighted by molar-refractivity contribution is 0.189. The van der Waals surface area contributed by atoms with Crippen molar-refractivity contribution in [1.82, 2.24) is 20.1 Å². The molecule has 84 valence electrons. The van der Waals surface area contributed by atoms with Crippen LogP contribution in [0, 0.1) is 0 Å². The second-order valence-electron chi connectivity index (χ2n) is 3.88. The molecular formula is C10H18N4O. The van der Waals surface area contributed by atoms with Gasteiger partial charge in [0.25, 0.3) is 0 Å². The molecule has 1 aromatic heterocycles. The Morgan fingerprint density at radius 2 is 2.60 bits per heavy atom. The average molecular weight is 210 g/mol. The fraction of sp³-hybridized carbons (Fsp3) is 0.800. The van der Waals surface area contributed by atoms with Crippen molar-refractivity contribution < 1.29 is 4.74 Å². The third kappa shape index (κ3) is 2.54. The maximum absolute atomic E-state index is 5.04. The highest BCUT2D eigenvalue weighted by Gasteiger charge is 2.20. The molecular weight excluding hydrogens is 192 g/mol. The fourth-order valence-corrected chi connectivity index (χ4v) is 1.99. The molecule has 0 aromatic carbocycles.